The SMILES string of the molecule is CCCNC(CC(C)(C)OC)c1cncc(OC(C)C)c1. The van der Waals surface area contributed by atoms with Gasteiger partial charge in [-0.25, -0.2) is 0 Å². The molecule has 1 heterocycles. The Morgan fingerprint density at radius 1 is 1.29 bits per heavy atom. The number of nitrogens with zero attached hydrogens (tertiary/aromatic N) is 1. The van der Waals surface area contributed by atoms with E-state index in [0.717, 1.165) is 30.7 Å². The Morgan fingerprint density at radius 3 is 2.57 bits per heavy atom. The van der Waals surface area contributed by atoms with E-state index >= 15 is 0 Å². The van der Waals surface area contributed by atoms with Gasteiger partial charge in [-0.2, -0.15) is 0 Å². The van der Waals surface area contributed by atoms with Crippen LogP contribution >= 0.6 is 0 Å². The van der Waals surface area contributed by atoms with Crippen LogP contribution in [-0.4, -0.2) is 30.3 Å². The molecule has 4 heteroatoms. The van der Waals surface area contributed by atoms with Crippen molar-refractivity contribution in [3.63, 3.8) is 0 Å². The van der Waals surface area contributed by atoms with Crippen molar-refractivity contribution >= 4 is 0 Å². The lowest BCUT2D eigenvalue weighted by Gasteiger charge is -2.29. The molecule has 0 aromatic carbocycles. The summed E-state index contributed by atoms with van der Waals surface area (Å²) in [4.78, 5) is 4.32. The zero-order valence-corrected chi connectivity index (χ0v) is 14.3. The molecule has 0 aliphatic heterocycles. The van der Waals surface area contributed by atoms with Crippen LogP contribution in [0.4, 0.5) is 0 Å². The van der Waals surface area contributed by atoms with Crippen LogP contribution in [0.15, 0.2) is 18.5 Å². The van der Waals surface area contributed by atoms with Crippen LogP contribution in [0, 0.1) is 0 Å². The molecule has 0 spiro atoms. The second kappa shape index (κ2) is 8.35. The van der Waals surface area contributed by atoms with Gasteiger partial charge in [-0.05, 0) is 58.7 Å². The molecule has 0 saturated carbocycles. The summed E-state index contributed by atoms with van der Waals surface area (Å²) >= 11 is 0. The average Bonchev–Trinajstić information content (AvgIpc) is 2.43. The first-order chi connectivity index (χ1) is 9.88. The largest absolute Gasteiger partial charge is 0.489 e. The van der Waals surface area contributed by atoms with Gasteiger partial charge in [0.25, 0.3) is 0 Å². The maximum Gasteiger partial charge on any atom is 0.138 e. The Labute approximate surface area is 129 Å². The van der Waals surface area contributed by atoms with Crippen molar-refractivity contribution in [1.29, 1.82) is 0 Å². The molecular formula is C17H30N2O2. The minimum Gasteiger partial charge on any atom is -0.489 e. The van der Waals surface area contributed by atoms with E-state index < -0.39 is 0 Å². The van der Waals surface area contributed by atoms with Gasteiger partial charge >= 0.3 is 0 Å². The number of hydrogen-bond donors (Lipinski definition) is 1. The number of ether oxygens (including phenoxy) is 2. The van der Waals surface area contributed by atoms with Gasteiger partial charge in [0.15, 0.2) is 0 Å². The summed E-state index contributed by atoms with van der Waals surface area (Å²) in [6.45, 7) is 11.4. The van der Waals surface area contributed by atoms with Crippen LogP contribution in [0.25, 0.3) is 0 Å². The van der Waals surface area contributed by atoms with Crippen LogP contribution < -0.4 is 10.1 Å². The van der Waals surface area contributed by atoms with Crippen molar-refractivity contribution in [3.8, 4) is 5.75 Å². The van der Waals surface area contributed by atoms with Gasteiger partial charge < -0.3 is 14.8 Å². The molecule has 0 bridgehead atoms. The van der Waals surface area contributed by atoms with E-state index in [1.165, 1.54) is 0 Å². The molecule has 0 amide bonds. The normalized spacial score (nSPS) is 13.5. The van der Waals surface area contributed by atoms with Crippen LogP contribution in [-0.2, 0) is 4.74 Å². The molecule has 0 aliphatic rings. The van der Waals surface area contributed by atoms with E-state index in [9.17, 15) is 0 Å². The quantitative estimate of drug-likeness (QED) is 0.753. The molecule has 1 aromatic rings. The molecule has 0 fully saturated rings. The van der Waals surface area contributed by atoms with Crippen LogP contribution in [0.3, 0.4) is 0 Å². The van der Waals surface area contributed by atoms with E-state index in [4.69, 9.17) is 9.47 Å². The van der Waals surface area contributed by atoms with Crippen molar-refractivity contribution in [1.82, 2.24) is 10.3 Å². The maximum atomic E-state index is 5.74. The molecule has 0 aliphatic carbocycles. The third-order valence-corrected chi connectivity index (χ3v) is 3.40. The number of methoxy groups -OCH3 is 1. The fourth-order valence-corrected chi connectivity index (χ4v) is 2.16. The highest BCUT2D eigenvalue weighted by atomic mass is 16.5. The second-order valence-electron chi connectivity index (χ2n) is 6.30. The van der Waals surface area contributed by atoms with Crippen molar-refractivity contribution in [2.24, 2.45) is 0 Å². The van der Waals surface area contributed by atoms with Gasteiger partial charge in [-0.15, -0.1) is 0 Å². The summed E-state index contributed by atoms with van der Waals surface area (Å²) in [5.74, 6) is 0.820. The van der Waals surface area contributed by atoms with Gasteiger partial charge in [0.1, 0.15) is 5.75 Å². The molecule has 1 unspecified atom stereocenters. The predicted molar refractivity (Wildman–Crippen MR) is 86.7 cm³/mol. The molecule has 0 radical (unpaired) electrons. The van der Waals surface area contributed by atoms with E-state index in [-0.39, 0.29) is 17.7 Å². The summed E-state index contributed by atoms with van der Waals surface area (Å²) in [6, 6.07) is 2.29. The highest BCUT2D eigenvalue weighted by molar-refractivity contribution is 5.26. The number of pyridine rings is 1. The molecular weight excluding hydrogens is 264 g/mol. The number of aromatic nitrogens is 1. The van der Waals surface area contributed by atoms with Crippen LogP contribution in [0.1, 0.15) is 59.1 Å². The van der Waals surface area contributed by atoms with Gasteiger partial charge in [-0.1, -0.05) is 6.92 Å². The lowest BCUT2D eigenvalue weighted by atomic mass is 9.94. The van der Waals surface area contributed by atoms with E-state index in [1.54, 1.807) is 13.3 Å². The highest BCUT2D eigenvalue weighted by Gasteiger charge is 2.24. The highest BCUT2D eigenvalue weighted by Crippen LogP contribution is 2.27. The first-order valence-corrected chi connectivity index (χ1v) is 7.78. The molecule has 21 heavy (non-hydrogen) atoms. The Bertz CT molecular complexity index is 419. The molecule has 1 aromatic heterocycles. The lowest BCUT2D eigenvalue weighted by molar-refractivity contribution is 0.00679. The van der Waals surface area contributed by atoms with E-state index in [2.05, 4.69) is 37.1 Å². The average molecular weight is 294 g/mol. The van der Waals surface area contributed by atoms with Gasteiger partial charge in [0.2, 0.25) is 0 Å². The minimum atomic E-state index is -0.180. The number of nitrogens with one attached hydrogen (secondary N) is 1. The zero-order valence-electron chi connectivity index (χ0n) is 14.3. The summed E-state index contributed by atoms with van der Waals surface area (Å²) in [5, 5.41) is 3.58. The fourth-order valence-electron chi connectivity index (χ4n) is 2.16. The van der Waals surface area contributed by atoms with Crippen molar-refractivity contribution in [2.75, 3.05) is 13.7 Å². The second-order valence-corrected chi connectivity index (χ2v) is 6.30. The Hall–Kier alpha value is -1.13. The summed E-state index contributed by atoms with van der Waals surface area (Å²) in [6.07, 6.45) is 5.81. The molecule has 1 rings (SSSR count). The molecule has 4 nitrogen and oxygen atoms in total. The summed E-state index contributed by atoms with van der Waals surface area (Å²) in [5.41, 5.74) is 0.965. The van der Waals surface area contributed by atoms with Gasteiger partial charge in [0, 0.05) is 19.3 Å². The standard InChI is InChI=1S/C17H30N2O2/c1-7-8-19-16(10-17(4,5)20-6)14-9-15(12-18-11-14)21-13(2)3/h9,11-13,16,19H,7-8,10H2,1-6H3. The van der Waals surface area contributed by atoms with Gasteiger partial charge in [-0.3, -0.25) is 4.98 Å². The topological polar surface area (TPSA) is 43.4 Å². The third kappa shape index (κ3) is 6.44. The van der Waals surface area contributed by atoms with Crippen molar-refractivity contribution in [3.05, 3.63) is 24.0 Å². The zero-order chi connectivity index (χ0) is 15.9. The van der Waals surface area contributed by atoms with Crippen molar-refractivity contribution in [2.45, 2.75) is 65.2 Å². The number of rotatable bonds is 9. The Morgan fingerprint density at radius 2 is 2.00 bits per heavy atom. The monoisotopic (exact) mass is 294 g/mol. The molecule has 0 saturated heterocycles. The molecule has 120 valence electrons. The first kappa shape index (κ1) is 17.9. The summed E-state index contributed by atoms with van der Waals surface area (Å²) < 4.78 is 11.3. The predicted octanol–water partition coefficient (Wildman–Crippen LogP) is 3.72. The van der Waals surface area contributed by atoms with Crippen molar-refractivity contribution < 1.29 is 9.47 Å². The Kier molecular flexibility index (Phi) is 7.12. The first-order valence-electron chi connectivity index (χ1n) is 7.78. The molecule has 1 atom stereocenters. The van der Waals surface area contributed by atoms with E-state index in [0.29, 0.717) is 0 Å². The lowest BCUT2D eigenvalue weighted by Crippen LogP contribution is -2.32. The Balaban J connectivity index is 2.91. The number of hydrogen-bond acceptors (Lipinski definition) is 4. The molecule has 1 N–H and O–H groups in total. The fraction of sp³-hybridized carbons (Fsp3) is 0.706. The smallest absolute Gasteiger partial charge is 0.138 e. The van der Waals surface area contributed by atoms with Crippen LogP contribution in [0.5, 0.6) is 5.75 Å². The van der Waals surface area contributed by atoms with E-state index in [1.807, 2.05) is 20.0 Å². The minimum absolute atomic E-state index is 0.152. The van der Waals surface area contributed by atoms with Gasteiger partial charge in [0.05, 0.1) is 17.9 Å². The third-order valence-electron chi connectivity index (χ3n) is 3.40. The summed E-state index contributed by atoms with van der Waals surface area (Å²) in [7, 11) is 1.76. The van der Waals surface area contributed by atoms with Crippen LogP contribution in [0.2, 0.25) is 0 Å². The maximum absolute atomic E-state index is 5.74.